The highest BCUT2D eigenvalue weighted by molar-refractivity contribution is 5.92. The van der Waals surface area contributed by atoms with Crippen LogP contribution in [0.3, 0.4) is 0 Å². The van der Waals surface area contributed by atoms with Crippen molar-refractivity contribution < 1.29 is 9.72 Å². The summed E-state index contributed by atoms with van der Waals surface area (Å²) >= 11 is 0. The van der Waals surface area contributed by atoms with Gasteiger partial charge in [-0.05, 0) is 37.1 Å². The van der Waals surface area contributed by atoms with Gasteiger partial charge in [0.15, 0.2) is 0 Å². The molecule has 0 atom stereocenters. The second-order valence-electron chi connectivity index (χ2n) is 4.96. The smallest absolute Gasteiger partial charge is 0.269 e. The first-order valence-electron chi connectivity index (χ1n) is 6.56. The molecule has 2 aromatic rings. The van der Waals surface area contributed by atoms with Crippen LogP contribution in [-0.2, 0) is 11.2 Å². The van der Waals surface area contributed by atoms with E-state index in [1.165, 1.54) is 24.3 Å². The molecule has 2 aromatic carbocycles. The van der Waals surface area contributed by atoms with Crippen LogP contribution in [0.25, 0.3) is 0 Å². The fourth-order valence-corrected chi connectivity index (χ4v) is 2.09. The van der Waals surface area contributed by atoms with E-state index < -0.39 is 4.92 Å². The molecule has 0 aliphatic carbocycles. The van der Waals surface area contributed by atoms with E-state index in [1.54, 1.807) is 0 Å². The predicted molar refractivity (Wildman–Crippen MR) is 81.3 cm³/mol. The summed E-state index contributed by atoms with van der Waals surface area (Å²) < 4.78 is 0. The molecule has 0 heterocycles. The van der Waals surface area contributed by atoms with E-state index in [-0.39, 0.29) is 18.0 Å². The average Bonchev–Trinajstić information content (AvgIpc) is 2.42. The molecule has 108 valence electrons. The quantitative estimate of drug-likeness (QED) is 0.691. The maximum atomic E-state index is 12.0. The molecule has 21 heavy (non-hydrogen) atoms. The molecule has 0 aliphatic rings. The number of nitro benzene ring substituents is 1. The number of non-ortho nitro benzene ring substituents is 1. The van der Waals surface area contributed by atoms with Gasteiger partial charge >= 0.3 is 0 Å². The molecule has 0 spiro atoms. The number of anilines is 1. The number of nitrogens with zero attached hydrogens (tertiary/aromatic N) is 1. The van der Waals surface area contributed by atoms with Crippen molar-refractivity contribution in [3.8, 4) is 0 Å². The number of hydrogen-bond donors (Lipinski definition) is 1. The number of rotatable bonds is 4. The summed E-state index contributed by atoms with van der Waals surface area (Å²) in [6, 6.07) is 11.7. The van der Waals surface area contributed by atoms with Gasteiger partial charge in [0.25, 0.3) is 5.69 Å². The van der Waals surface area contributed by atoms with Gasteiger partial charge in [-0.25, -0.2) is 0 Å². The highest BCUT2D eigenvalue weighted by atomic mass is 16.6. The summed E-state index contributed by atoms with van der Waals surface area (Å²) in [7, 11) is 0. The van der Waals surface area contributed by atoms with E-state index in [2.05, 4.69) is 5.32 Å². The molecule has 1 amide bonds. The zero-order valence-corrected chi connectivity index (χ0v) is 11.9. The highest BCUT2D eigenvalue weighted by Gasteiger charge is 2.08. The first-order chi connectivity index (χ1) is 9.95. The fraction of sp³-hybridized carbons (Fsp3) is 0.188. The number of hydrogen-bond acceptors (Lipinski definition) is 3. The third-order valence-corrected chi connectivity index (χ3v) is 3.21. The Morgan fingerprint density at radius 2 is 1.81 bits per heavy atom. The van der Waals surface area contributed by atoms with Crippen molar-refractivity contribution in [3.63, 3.8) is 0 Å². The van der Waals surface area contributed by atoms with Crippen LogP contribution < -0.4 is 5.32 Å². The fourth-order valence-electron chi connectivity index (χ4n) is 2.09. The van der Waals surface area contributed by atoms with E-state index in [1.807, 2.05) is 32.0 Å². The maximum Gasteiger partial charge on any atom is 0.269 e. The predicted octanol–water partition coefficient (Wildman–Crippen LogP) is 3.39. The van der Waals surface area contributed by atoms with E-state index in [0.29, 0.717) is 5.69 Å². The Morgan fingerprint density at radius 1 is 1.14 bits per heavy atom. The summed E-state index contributed by atoms with van der Waals surface area (Å²) in [6.45, 7) is 3.98. The largest absolute Gasteiger partial charge is 0.326 e. The van der Waals surface area contributed by atoms with Gasteiger partial charge in [0, 0.05) is 17.8 Å². The summed E-state index contributed by atoms with van der Waals surface area (Å²) in [5, 5.41) is 13.3. The van der Waals surface area contributed by atoms with Gasteiger partial charge < -0.3 is 5.32 Å². The summed E-state index contributed by atoms with van der Waals surface area (Å²) in [6.07, 6.45) is 0.281. The first-order valence-corrected chi connectivity index (χ1v) is 6.56. The van der Waals surface area contributed by atoms with Crippen LogP contribution in [0.4, 0.5) is 11.4 Å². The third-order valence-electron chi connectivity index (χ3n) is 3.21. The number of aryl methyl sites for hydroxylation is 2. The van der Waals surface area contributed by atoms with E-state index in [4.69, 9.17) is 0 Å². The Balaban J connectivity index is 2.02. The monoisotopic (exact) mass is 284 g/mol. The number of nitrogens with one attached hydrogen (secondary N) is 1. The number of nitro groups is 1. The van der Waals surface area contributed by atoms with Crippen molar-refractivity contribution >= 4 is 17.3 Å². The van der Waals surface area contributed by atoms with Crippen molar-refractivity contribution in [2.24, 2.45) is 0 Å². The number of benzene rings is 2. The van der Waals surface area contributed by atoms with Gasteiger partial charge in [0.05, 0.1) is 11.3 Å². The Kier molecular flexibility index (Phi) is 4.33. The van der Waals surface area contributed by atoms with Gasteiger partial charge in [-0.15, -0.1) is 0 Å². The van der Waals surface area contributed by atoms with Crippen molar-refractivity contribution in [1.29, 1.82) is 0 Å². The van der Waals surface area contributed by atoms with Crippen LogP contribution in [-0.4, -0.2) is 10.8 Å². The molecule has 0 aromatic heterocycles. The van der Waals surface area contributed by atoms with Crippen molar-refractivity contribution in [2.45, 2.75) is 20.3 Å². The minimum atomic E-state index is -0.471. The van der Waals surface area contributed by atoms with Gasteiger partial charge in [-0.1, -0.05) is 23.8 Å². The Bertz CT molecular complexity index is 678. The molecular formula is C16H16N2O3. The lowest BCUT2D eigenvalue weighted by molar-refractivity contribution is -0.384. The van der Waals surface area contributed by atoms with Gasteiger partial charge in [-0.3, -0.25) is 14.9 Å². The molecule has 0 saturated carbocycles. The Hall–Kier alpha value is -2.69. The molecule has 0 unspecified atom stereocenters. The second-order valence-corrected chi connectivity index (χ2v) is 4.96. The normalized spacial score (nSPS) is 10.2. The topological polar surface area (TPSA) is 72.2 Å². The molecule has 5 nitrogen and oxygen atoms in total. The minimum absolute atomic E-state index is 0.00220. The first kappa shape index (κ1) is 14.7. The molecule has 0 aliphatic heterocycles. The molecule has 5 heteroatoms. The lowest BCUT2D eigenvalue weighted by Crippen LogP contribution is -2.15. The molecule has 0 saturated heterocycles. The second kappa shape index (κ2) is 6.17. The van der Waals surface area contributed by atoms with E-state index in [0.717, 1.165) is 16.7 Å². The van der Waals surface area contributed by atoms with Crippen LogP contribution in [0.15, 0.2) is 42.5 Å². The average molecular weight is 284 g/mol. The molecule has 0 fully saturated rings. The SMILES string of the molecule is Cc1ccc(CC(=O)Nc2ccc([N+](=O)[O-])cc2)c(C)c1. The van der Waals surface area contributed by atoms with E-state index in [9.17, 15) is 14.9 Å². The van der Waals surface area contributed by atoms with E-state index >= 15 is 0 Å². The lowest BCUT2D eigenvalue weighted by Gasteiger charge is -2.08. The Morgan fingerprint density at radius 3 is 2.38 bits per heavy atom. The number of amides is 1. The van der Waals surface area contributed by atoms with Crippen molar-refractivity contribution in [3.05, 3.63) is 69.3 Å². The van der Waals surface area contributed by atoms with Gasteiger partial charge in [0.2, 0.25) is 5.91 Å². The highest BCUT2D eigenvalue weighted by Crippen LogP contribution is 2.16. The Labute approximate surface area is 122 Å². The standard InChI is InChI=1S/C16H16N2O3/c1-11-3-4-13(12(2)9-11)10-16(19)17-14-5-7-15(8-6-14)18(20)21/h3-9H,10H2,1-2H3,(H,17,19). The number of carbonyl (C=O) groups excluding carboxylic acids is 1. The zero-order valence-electron chi connectivity index (χ0n) is 11.9. The molecule has 0 radical (unpaired) electrons. The molecular weight excluding hydrogens is 268 g/mol. The lowest BCUT2D eigenvalue weighted by atomic mass is 10.0. The third kappa shape index (κ3) is 3.89. The summed E-state index contributed by atoms with van der Waals surface area (Å²) in [5.74, 6) is -0.143. The minimum Gasteiger partial charge on any atom is -0.326 e. The van der Waals surface area contributed by atoms with Gasteiger partial charge in [-0.2, -0.15) is 0 Å². The van der Waals surface area contributed by atoms with Crippen LogP contribution in [0.2, 0.25) is 0 Å². The van der Waals surface area contributed by atoms with Crippen molar-refractivity contribution in [1.82, 2.24) is 0 Å². The molecule has 0 bridgehead atoms. The molecule has 2 rings (SSSR count). The molecule has 1 N–H and O–H groups in total. The van der Waals surface area contributed by atoms with Crippen LogP contribution in [0.5, 0.6) is 0 Å². The summed E-state index contributed by atoms with van der Waals surface area (Å²) in [4.78, 5) is 22.1. The van der Waals surface area contributed by atoms with Crippen LogP contribution >= 0.6 is 0 Å². The van der Waals surface area contributed by atoms with Crippen LogP contribution in [0.1, 0.15) is 16.7 Å². The zero-order chi connectivity index (χ0) is 15.4. The maximum absolute atomic E-state index is 12.0. The summed E-state index contributed by atoms with van der Waals surface area (Å²) in [5.41, 5.74) is 3.76. The van der Waals surface area contributed by atoms with Gasteiger partial charge in [0.1, 0.15) is 0 Å². The van der Waals surface area contributed by atoms with Crippen molar-refractivity contribution in [2.75, 3.05) is 5.32 Å². The number of carbonyl (C=O) groups is 1. The van der Waals surface area contributed by atoms with Crippen LogP contribution in [0, 0.1) is 24.0 Å².